The van der Waals surface area contributed by atoms with Crippen LogP contribution in [-0.2, 0) is 0 Å². The third-order valence-corrected chi connectivity index (χ3v) is 5.08. The molecule has 2 heterocycles. The minimum atomic E-state index is -0.129. The molecule has 126 valence electrons. The second kappa shape index (κ2) is 6.18. The zero-order chi connectivity index (χ0) is 16.7. The van der Waals surface area contributed by atoms with Crippen LogP contribution in [0.5, 0.6) is 0 Å². The predicted octanol–water partition coefficient (Wildman–Crippen LogP) is 2.36. The van der Waals surface area contributed by atoms with Crippen molar-refractivity contribution in [2.75, 3.05) is 13.1 Å². The topological polar surface area (TPSA) is 77.0 Å². The highest BCUT2D eigenvalue weighted by atomic mass is 35.5. The minimum Gasteiger partial charge on any atom is -0.332 e. The van der Waals surface area contributed by atoms with Crippen LogP contribution in [0.1, 0.15) is 48.0 Å². The number of likely N-dealkylation sites (tertiary alicyclic amines) is 1. The normalized spacial score (nSPS) is 20.6. The number of hydrogen-bond acceptors (Lipinski definition) is 4. The molecule has 1 aromatic carbocycles. The molecule has 0 spiro atoms. The second-order valence-corrected chi connectivity index (χ2v) is 6.87. The Labute approximate surface area is 145 Å². The molecule has 2 aliphatic rings. The van der Waals surface area contributed by atoms with Gasteiger partial charge < -0.3 is 10.6 Å². The molecule has 24 heavy (non-hydrogen) atoms. The van der Waals surface area contributed by atoms with Crippen LogP contribution in [0.2, 0.25) is 5.02 Å². The Kier molecular flexibility index (Phi) is 4.02. The zero-order valence-corrected chi connectivity index (χ0v) is 14.1. The maximum Gasteiger partial charge on any atom is 0.293 e. The van der Waals surface area contributed by atoms with Crippen LogP contribution >= 0.6 is 11.6 Å². The number of benzene rings is 1. The number of rotatable bonds is 4. The van der Waals surface area contributed by atoms with Gasteiger partial charge >= 0.3 is 0 Å². The van der Waals surface area contributed by atoms with E-state index in [-0.39, 0.29) is 17.8 Å². The summed E-state index contributed by atoms with van der Waals surface area (Å²) in [6, 6.07) is 7.60. The van der Waals surface area contributed by atoms with Gasteiger partial charge in [-0.05, 0) is 37.8 Å². The molecule has 7 heteroatoms. The Hall–Kier alpha value is -1.92. The number of nitrogens with zero attached hydrogens (tertiary/aromatic N) is 4. The molecule has 2 fully saturated rings. The van der Waals surface area contributed by atoms with Gasteiger partial charge in [0.15, 0.2) is 0 Å². The monoisotopic (exact) mass is 345 g/mol. The fourth-order valence-electron chi connectivity index (χ4n) is 3.30. The number of carbonyl (C=O) groups is 1. The molecule has 1 saturated carbocycles. The molecule has 1 saturated heterocycles. The van der Waals surface area contributed by atoms with E-state index in [0.29, 0.717) is 17.5 Å². The van der Waals surface area contributed by atoms with E-state index in [9.17, 15) is 4.79 Å². The largest absolute Gasteiger partial charge is 0.332 e. The number of nitrogens with two attached hydrogens (primary N) is 1. The third-order valence-electron chi connectivity index (χ3n) is 4.76. The predicted molar refractivity (Wildman–Crippen MR) is 91.5 cm³/mol. The zero-order valence-electron chi connectivity index (χ0n) is 13.4. The summed E-state index contributed by atoms with van der Waals surface area (Å²) in [6.45, 7) is 1.20. The van der Waals surface area contributed by atoms with Crippen molar-refractivity contribution in [3.05, 3.63) is 40.9 Å². The first-order chi connectivity index (χ1) is 11.7. The van der Waals surface area contributed by atoms with Gasteiger partial charge in [-0.3, -0.25) is 4.79 Å². The standard InChI is InChI=1S/C17H20ClN5O/c18-13-5-1-2-6-14(13)23-16(11-7-8-11)20-15(21-23)17(24)22-9-3-4-12(22)10-19/h1-2,5-6,11-12H,3-4,7-10,19H2. The van der Waals surface area contributed by atoms with Crippen LogP contribution < -0.4 is 5.73 Å². The van der Waals surface area contributed by atoms with E-state index in [1.807, 2.05) is 29.2 Å². The molecular weight excluding hydrogens is 326 g/mol. The second-order valence-electron chi connectivity index (χ2n) is 6.46. The summed E-state index contributed by atoms with van der Waals surface area (Å²) in [7, 11) is 0. The first kappa shape index (κ1) is 15.6. The van der Waals surface area contributed by atoms with Gasteiger partial charge in [0.05, 0.1) is 10.7 Å². The summed E-state index contributed by atoms with van der Waals surface area (Å²) < 4.78 is 1.74. The Morgan fingerprint density at radius 1 is 1.29 bits per heavy atom. The maximum absolute atomic E-state index is 12.8. The molecule has 1 aliphatic carbocycles. The van der Waals surface area contributed by atoms with Crippen LogP contribution in [0.4, 0.5) is 0 Å². The SMILES string of the molecule is NCC1CCCN1C(=O)c1nc(C2CC2)n(-c2ccccc2Cl)n1. The number of carbonyl (C=O) groups excluding carboxylic acids is 1. The van der Waals surface area contributed by atoms with Gasteiger partial charge in [0.1, 0.15) is 5.82 Å². The Morgan fingerprint density at radius 3 is 2.79 bits per heavy atom. The van der Waals surface area contributed by atoms with Crippen LogP contribution in [0.3, 0.4) is 0 Å². The number of hydrogen-bond donors (Lipinski definition) is 1. The molecular formula is C17H20ClN5O. The molecule has 4 rings (SSSR count). The van der Waals surface area contributed by atoms with Gasteiger partial charge in [0.2, 0.25) is 5.82 Å². The summed E-state index contributed by atoms with van der Waals surface area (Å²) in [4.78, 5) is 19.2. The maximum atomic E-state index is 12.8. The molecule has 1 aromatic heterocycles. The smallest absolute Gasteiger partial charge is 0.293 e. The van der Waals surface area contributed by atoms with Gasteiger partial charge in [-0.2, -0.15) is 0 Å². The lowest BCUT2D eigenvalue weighted by Crippen LogP contribution is -2.40. The summed E-state index contributed by atoms with van der Waals surface area (Å²) in [5.41, 5.74) is 6.55. The van der Waals surface area contributed by atoms with Crippen molar-refractivity contribution >= 4 is 17.5 Å². The van der Waals surface area contributed by atoms with Crippen LogP contribution in [-0.4, -0.2) is 44.7 Å². The van der Waals surface area contributed by atoms with E-state index in [2.05, 4.69) is 10.1 Å². The number of amides is 1. The van der Waals surface area contributed by atoms with Gasteiger partial charge in [0, 0.05) is 25.0 Å². The molecule has 1 amide bonds. The first-order valence-electron chi connectivity index (χ1n) is 8.42. The molecule has 0 bridgehead atoms. The lowest BCUT2D eigenvalue weighted by Gasteiger charge is -2.21. The Balaban J connectivity index is 1.72. The van der Waals surface area contributed by atoms with Crippen LogP contribution in [0.25, 0.3) is 5.69 Å². The van der Waals surface area contributed by atoms with Gasteiger partial charge in [-0.1, -0.05) is 23.7 Å². The fourth-order valence-corrected chi connectivity index (χ4v) is 3.51. The molecule has 2 N–H and O–H groups in total. The van der Waals surface area contributed by atoms with Gasteiger partial charge in [0.25, 0.3) is 5.91 Å². The van der Waals surface area contributed by atoms with E-state index in [1.165, 1.54) is 0 Å². The van der Waals surface area contributed by atoms with Crippen molar-refractivity contribution in [2.24, 2.45) is 5.73 Å². The molecule has 6 nitrogen and oxygen atoms in total. The number of aromatic nitrogens is 3. The van der Waals surface area contributed by atoms with Crippen LogP contribution in [0, 0.1) is 0 Å². The molecule has 1 unspecified atom stereocenters. The van der Waals surface area contributed by atoms with Crippen LogP contribution in [0.15, 0.2) is 24.3 Å². The average Bonchev–Trinajstić information content (AvgIpc) is 3.17. The van der Waals surface area contributed by atoms with E-state index in [0.717, 1.165) is 43.7 Å². The Bertz CT molecular complexity index is 770. The highest BCUT2D eigenvalue weighted by molar-refractivity contribution is 6.32. The first-order valence-corrected chi connectivity index (χ1v) is 8.79. The quantitative estimate of drug-likeness (QED) is 0.922. The third kappa shape index (κ3) is 2.70. The molecule has 0 radical (unpaired) electrons. The van der Waals surface area contributed by atoms with Crippen molar-refractivity contribution in [1.82, 2.24) is 19.7 Å². The lowest BCUT2D eigenvalue weighted by atomic mass is 10.2. The Morgan fingerprint density at radius 2 is 2.08 bits per heavy atom. The van der Waals surface area contributed by atoms with Crippen molar-refractivity contribution < 1.29 is 4.79 Å². The van der Waals surface area contributed by atoms with Gasteiger partial charge in [-0.15, -0.1) is 5.10 Å². The van der Waals surface area contributed by atoms with Crippen molar-refractivity contribution in [3.63, 3.8) is 0 Å². The summed E-state index contributed by atoms with van der Waals surface area (Å²) >= 11 is 6.32. The average molecular weight is 346 g/mol. The molecule has 1 atom stereocenters. The van der Waals surface area contributed by atoms with Crippen molar-refractivity contribution in [2.45, 2.75) is 37.6 Å². The minimum absolute atomic E-state index is 0.0918. The number of para-hydroxylation sites is 1. The fraction of sp³-hybridized carbons (Fsp3) is 0.471. The van der Waals surface area contributed by atoms with E-state index < -0.39 is 0 Å². The molecule has 1 aliphatic heterocycles. The van der Waals surface area contributed by atoms with Crippen molar-refractivity contribution in [3.8, 4) is 5.69 Å². The van der Waals surface area contributed by atoms with E-state index in [4.69, 9.17) is 17.3 Å². The summed E-state index contributed by atoms with van der Waals surface area (Å²) in [5.74, 6) is 1.31. The van der Waals surface area contributed by atoms with Crippen molar-refractivity contribution in [1.29, 1.82) is 0 Å². The summed E-state index contributed by atoms with van der Waals surface area (Å²) in [6.07, 6.45) is 4.08. The lowest BCUT2D eigenvalue weighted by molar-refractivity contribution is 0.0729. The van der Waals surface area contributed by atoms with E-state index in [1.54, 1.807) is 4.68 Å². The van der Waals surface area contributed by atoms with E-state index >= 15 is 0 Å². The van der Waals surface area contributed by atoms with Gasteiger partial charge in [-0.25, -0.2) is 9.67 Å². The summed E-state index contributed by atoms with van der Waals surface area (Å²) in [5, 5.41) is 5.11. The highest BCUT2D eigenvalue weighted by Crippen LogP contribution is 2.40. The number of halogens is 1. The highest BCUT2D eigenvalue weighted by Gasteiger charge is 2.35. The molecule has 2 aromatic rings.